The molecular weight excluding hydrogens is 435 g/mol. The molecule has 0 bridgehead atoms. The number of piperidine rings is 1. The Kier molecular flexibility index (Phi) is 7.72. The summed E-state index contributed by atoms with van der Waals surface area (Å²) in [6.45, 7) is 0.703. The summed E-state index contributed by atoms with van der Waals surface area (Å²) in [5.74, 6) is 5.48. The number of ether oxygens (including phenoxy) is 1. The van der Waals surface area contributed by atoms with Gasteiger partial charge in [0.1, 0.15) is 17.6 Å². The van der Waals surface area contributed by atoms with Crippen molar-refractivity contribution in [2.45, 2.75) is 24.8 Å². The summed E-state index contributed by atoms with van der Waals surface area (Å²) in [5, 5.41) is 11.2. The van der Waals surface area contributed by atoms with E-state index in [0.29, 0.717) is 31.5 Å². The van der Waals surface area contributed by atoms with Crippen LogP contribution in [0.1, 0.15) is 29.9 Å². The van der Waals surface area contributed by atoms with Crippen LogP contribution < -0.4 is 10.1 Å². The van der Waals surface area contributed by atoms with Crippen molar-refractivity contribution in [3.63, 3.8) is 0 Å². The van der Waals surface area contributed by atoms with E-state index in [-0.39, 0.29) is 5.92 Å². The van der Waals surface area contributed by atoms with E-state index in [2.05, 4.69) is 17.2 Å². The van der Waals surface area contributed by atoms with Gasteiger partial charge in [0.15, 0.2) is 0 Å². The molecule has 0 radical (unpaired) electrons. The largest absolute Gasteiger partial charge is 0.497 e. The lowest BCUT2D eigenvalue weighted by Gasteiger charge is -2.32. The molecule has 1 aliphatic heterocycles. The van der Waals surface area contributed by atoms with Crippen LogP contribution in [0.3, 0.4) is 0 Å². The van der Waals surface area contributed by atoms with Crippen molar-refractivity contribution in [3.05, 3.63) is 65.5 Å². The maximum absolute atomic E-state index is 13.0. The van der Waals surface area contributed by atoms with Gasteiger partial charge in [0, 0.05) is 18.7 Å². The number of amides is 1. The normalized spacial score (nSPS) is 15.9. The molecule has 2 N–H and O–H groups in total. The van der Waals surface area contributed by atoms with Gasteiger partial charge in [0.05, 0.1) is 12.9 Å². The predicted molar refractivity (Wildman–Crippen MR) is 119 cm³/mol. The Hall–Kier alpha value is -3.09. The quantitative estimate of drug-likeness (QED) is 0.646. The van der Waals surface area contributed by atoms with Gasteiger partial charge in [-0.2, -0.15) is 0 Å². The first-order chi connectivity index (χ1) is 15.3. The second kappa shape index (κ2) is 10.5. The minimum atomic E-state index is -3.73. The van der Waals surface area contributed by atoms with Gasteiger partial charge in [-0.05, 0) is 60.7 Å². The fraction of sp³-hybridized carbons (Fsp3) is 0.348. The molecule has 0 saturated carbocycles. The Morgan fingerprint density at radius 3 is 2.38 bits per heavy atom. The van der Waals surface area contributed by atoms with E-state index in [9.17, 15) is 17.6 Å². The molecule has 3 rings (SSSR count). The zero-order valence-corrected chi connectivity index (χ0v) is 18.4. The third-order valence-corrected chi connectivity index (χ3v) is 7.25. The van der Waals surface area contributed by atoms with E-state index in [0.717, 1.165) is 11.3 Å². The smallest absolute Gasteiger partial charge is 0.405 e. The highest BCUT2D eigenvalue weighted by Gasteiger charge is 2.31. The standard InChI is InChI=1S/C23H25FN2O5S/c1-31-22-10-5-18(6-11-22)19-12-14-26(15-13-19)32(29,30)16-21(25-23(27)28)9-4-17-2-7-20(24)8-3-17/h2-3,5-8,10-11,19,21,25H,12-16H2,1H3,(H,27,28). The van der Waals surface area contributed by atoms with Gasteiger partial charge in [-0.3, -0.25) is 0 Å². The zero-order valence-electron chi connectivity index (χ0n) is 17.6. The molecule has 32 heavy (non-hydrogen) atoms. The number of carboxylic acid groups (broad SMARTS) is 1. The van der Waals surface area contributed by atoms with Crippen LogP contribution in [0.4, 0.5) is 9.18 Å². The van der Waals surface area contributed by atoms with Crippen molar-refractivity contribution in [3.8, 4) is 17.6 Å². The Balaban J connectivity index is 1.65. The number of sulfonamides is 1. The molecule has 1 heterocycles. The molecule has 1 saturated heterocycles. The molecule has 170 valence electrons. The number of hydrogen-bond acceptors (Lipinski definition) is 4. The lowest BCUT2D eigenvalue weighted by atomic mass is 9.90. The van der Waals surface area contributed by atoms with Crippen LogP contribution in [0.5, 0.6) is 5.75 Å². The first-order valence-electron chi connectivity index (χ1n) is 10.1. The van der Waals surface area contributed by atoms with Gasteiger partial charge < -0.3 is 15.2 Å². The van der Waals surface area contributed by atoms with Crippen LogP contribution >= 0.6 is 0 Å². The monoisotopic (exact) mass is 460 g/mol. The number of halogens is 1. The third-order valence-electron chi connectivity index (χ3n) is 5.34. The summed E-state index contributed by atoms with van der Waals surface area (Å²) in [5.41, 5.74) is 1.60. The average Bonchev–Trinajstić information content (AvgIpc) is 2.78. The number of nitrogens with zero attached hydrogens (tertiary/aromatic N) is 1. The van der Waals surface area contributed by atoms with Crippen LogP contribution in [-0.4, -0.2) is 55.9 Å². The molecule has 1 fully saturated rings. The minimum Gasteiger partial charge on any atom is -0.497 e. The van der Waals surface area contributed by atoms with E-state index < -0.39 is 33.7 Å². The fourth-order valence-electron chi connectivity index (χ4n) is 3.63. The summed E-state index contributed by atoms with van der Waals surface area (Å²) < 4.78 is 45.4. The lowest BCUT2D eigenvalue weighted by Crippen LogP contribution is -2.45. The van der Waals surface area contributed by atoms with Gasteiger partial charge in [0.2, 0.25) is 10.0 Å². The van der Waals surface area contributed by atoms with Gasteiger partial charge in [-0.25, -0.2) is 21.9 Å². The number of nitrogens with one attached hydrogen (secondary N) is 1. The Labute approximate surface area is 187 Å². The van der Waals surface area contributed by atoms with E-state index in [1.807, 2.05) is 24.3 Å². The van der Waals surface area contributed by atoms with Gasteiger partial charge in [0.25, 0.3) is 0 Å². The van der Waals surface area contributed by atoms with Crippen molar-refractivity contribution >= 4 is 16.1 Å². The topological polar surface area (TPSA) is 95.9 Å². The first-order valence-corrected chi connectivity index (χ1v) is 11.8. The molecule has 9 heteroatoms. The Bertz CT molecular complexity index is 1080. The van der Waals surface area contributed by atoms with Crippen LogP contribution in [0.15, 0.2) is 48.5 Å². The highest BCUT2D eigenvalue weighted by atomic mass is 32.2. The van der Waals surface area contributed by atoms with Crippen LogP contribution in [0.2, 0.25) is 0 Å². The summed E-state index contributed by atoms with van der Waals surface area (Å²) in [4.78, 5) is 11.1. The lowest BCUT2D eigenvalue weighted by molar-refractivity contribution is 0.193. The van der Waals surface area contributed by atoms with Gasteiger partial charge in [-0.15, -0.1) is 0 Å². The molecule has 7 nitrogen and oxygen atoms in total. The van der Waals surface area contributed by atoms with Gasteiger partial charge in [-0.1, -0.05) is 24.0 Å². The Morgan fingerprint density at radius 2 is 1.81 bits per heavy atom. The fourth-order valence-corrected chi connectivity index (χ4v) is 5.20. The highest BCUT2D eigenvalue weighted by Crippen LogP contribution is 2.30. The number of benzene rings is 2. The SMILES string of the molecule is COc1ccc(C2CCN(S(=O)(=O)CC(C#Cc3ccc(F)cc3)NC(=O)O)CC2)cc1. The molecule has 1 unspecified atom stereocenters. The molecule has 0 aromatic heterocycles. The van der Waals surface area contributed by atoms with Crippen molar-refractivity contribution < 1.29 is 27.4 Å². The third kappa shape index (κ3) is 6.45. The predicted octanol–water partition coefficient (Wildman–Crippen LogP) is 3.03. The molecular formula is C23H25FN2O5S. The summed E-state index contributed by atoms with van der Waals surface area (Å²) in [6, 6.07) is 12.0. The molecule has 1 atom stereocenters. The molecule has 1 amide bonds. The average molecular weight is 461 g/mol. The van der Waals surface area contributed by atoms with E-state index in [4.69, 9.17) is 9.84 Å². The van der Waals surface area contributed by atoms with Crippen molar-refractivity contribution in [1.82, 2.24) is 9.62 Å². The first kappa shape index (κ1) is 23.6. The molecule has 1 aliphatic rings. The van der Waals surface area contributed by atoms with E-state index >= 15 is 0 Å². The highest BCUT2D eigenvalue weighted by molar-refractivity contribution is 7.89. The van der Waals surface area contributed by atoms with Crippen LogP contribution in [-0.2, 0) is 10.0 Å². The number of methoxy groups -OCH3 is 1. The number of carbonyl (C=O) groups is 1. The van der Waals surface area contributed by atoms with E-state index in [1.165, 1.54) is 28.6 Å². The van der Waals surface area contributed by atoms with Crippen molar-refractivity contribution in [2.75, 3.05) is 26.0 Å². The van der Waals surface area contributed by atoms with Gasteiger partial charge >= 0.3 is 6.09 Å². The van der Waals surface area contributed by atoms with Crippen LogP contribution in [0, 0.1) is 17.7 Å². The summed E-state index contributed by atoms with van der Waals surface area (Å²) in [6.07, 6.45) is -0.0231. The number of hydrogen-bond donors (Lipinski definition) is 2. The van der Waals surface area contributed by atoms with E-state index in [1.54, 1.807) is 7.11 Å². The number of rotatable bonds is 6. The molecule has 0 spiro atoms. The molecule has 2 aromatic rings. The second-order valence-electron chi connectivity index (χ2n) is 7.50. The van der Waals surface area contributed by atoms with Crippen LogP contribution in [0.25, 0.3) is 0 Å². The van der Waals surface area contributed by atoms with Crippen molar-refractivity contribution in [2.24, 2.45) is 0 Å². The Morgan fingerprint density at radius 1 is 1.19 bits per heavy atom. The second-order valence-corrected chi connectivity index (χ2v) is 9.52. The maximum atomic E-state index is 13.0. The summed E-state index contributed by atoms with van der Waals surface area (Å²) >= 11 is 0. The summed E-state index contributed by atoms with van der Waals surface area (Å²) in [7, 11) is -2.12. The minimum absolute atomic E-state index is 0.249. The zero-order chi connectivity index (χ0) is 23.1. The molecule has 0 aliphatic carbocycles. The van der Waals surface area contributed by atoms with Crippen molar-refractivity contribution in [1.29, 1.82) is 0 Å². The molecule has 2 aromatic carbocycles. The maximum Gasteiger partial charge on any atom is 0.405 e.